The highest BCUT2D eigenvalue weighted by molar-refractivity contribution is 7.98. The van der Waals surface area contributed by atoms with Gasteiger partial charge in [0.15, 0.2) is 5.16 Å². The van der Waals surface area contributed by atoms with Crippen LogP contribution in [0.1, 0.15) is 11.3 Å². The molecule has 0 unspecified atom stereocenters. The van der Waals surface area contributed by atoms with Crippen LogP contribution in [-0.2, 0) is 17.0 Å². The van der Waals surface area contributed by atoms with Gasteiger partial charge in [-0.25, -0.2) is 9.37 Å². The zero-order chi connectivity index (χ0) is 19.9. The Bertz CT molecular complexity index is 1020. The van der Waals surface area contributed by atoms with Crippen LogP contribution in [0.15, 0.2) is 64.5 Å². The number of H-pyrrole nitrogens is 1. The summed E-state index contributed by atoms with van der Waals surface area (Å²) in [6.07, 6.45) is -0.0365. The van der Waals surface area contributed by atoms with Crippen LogP contribution >= 0.6 is 11.8 Å². The Balaban J connectivity index is 1.64. The number of amides is 1. The fraction of sp³-hybridized carbons (Fsp3) is 0.150. The van der Waals surface area contributed by atoms with Crippen molar-refractivity contribution in [3.05, 3.63) is 82.0 Å². The highest BCUT2D eigenvalue weighted by Gasteiger charge is 2.09. The lowest BCUT2D eigenvalue weighted by atomic mass is 10.2. The maximum atomic E-state index is 13.0. The van der Waals surface area contributed by atoms with Gasteiger partial charge in [0.25, 0.3) is 5.56 Å². The standard InChI is InChI=1S/C20H18FN3O3S/c1-27-17-4-2-3-15(9-17)22-18(25)10-16-11-19(26)24-20(23-16)28-12-13-5-7-14(21)8-6-13/h2-9,11H,10,12H2,1H3,(H,22,25)(H,23,24,26). The summed E-state index contributed by atoms with van der Waals surface area (Å²) in [6, 6.07) is 14.4. The number of carbonyl (C=O) groups excluding carboxylic acids is 1. The SMILES string of the molecule is COc1cccc(NC(=O)Cc2cc(=O)[nH]c(SCc3ccc(F)cc3)n2)c1. The van der Waals surface area contributed by atoms with E-state index in [1.165, 1.54) is 30.0 Å². The van der Waals surface area contributed by atoms with E-state index in [0.717, 1.165) is 5.56 Å². The van der Waals surface area contributed by atoms with Gasteiger partial charge in [-0.15, -0.1) is 0 Å². The maximum Gasteiger partial charge on any atom is 0.251 e. The number of aromatic nitrogens is 2. The minimum absolute atomic E-state index is 0.0365. The van der Waals surface area contributed by atoms with Gasteiger partial charge in [-0.05, 0) is 29.8 Å². The summed E-state index contributed by atoms with van der Waals surface area (Å²) < 4.78 is 18.1. The van der Waals surface area contributed by atoms with Crippen molar-refractivity contribution >= 4 is 23.4 Å². The second-order valence-corrected chi connectivity index (χ2v) is 6.88. The van der Waals surface area contributed by atoms with E-state index < -0.39 is 0 Å². The quantitative estimate of drug-likeness (QED) is 0.470. The fourth-order valence-corrected chi connectivity index (χ4v) is 3.30. The third-order valence-corrected chi connectivity index (χ3v) is 4.70. The van der Waals surface area contributed by atoms with Crippen LogP contribution in [0.25, 0.3) is 0 Å². The first-order valence-electron chi connectivity index (χ1n) is 8.43. The van der Waals surface area contributed by atoms with Crippen molar-refractivity contribution in [3.63, 3.8) is 0 Å². The Labute approximate surface area is 165 Å². The molecule has 3 aromatic rings. The molecule has 0 fully saturated rings. The van der Waals surface area contributed by atoms with Crippen molar-refractivity contribution in [3.8, 4) is 5.75 Å². The van der Waals surface area contributed by atoms with Crippen LogP contribution in [-0.4, -0.2) is 23.0 Å². The Morgan fingerprint density at radius 1 is 1.21 bits per heavy atom. The monoisotopic (exact) mass is 399 g/mol. The summed E-state index contributed by atoms with van der Waals surface area (Å²) in [4.78, 5) is 31.1. The number of benzene rings is 2. The lowest BCUT2D eigenvalue weighted by molar-refractivity contribution is -0.115. The molecule has 1 amide bonds. The predicted octanol–water partition coefficient (Wildman–Crippen LogP) is 3.39. The molecule has 0 saturated heterocycles. The maximum absolute atomic E-state index is 13.0. The second-order valence-electron chi connectivity index (χ2n) is 5.91. The number of ether oxygens (including phenoxy) is 1. The van der Waals surface area contributed by atoms with Gasteiger partial charge in [-0.3, -0.25) is 9.59 Å². The highest BCUT2D eigenvalue weighted by Crippen LogP contribution is 2.19. The third kappa shape index (κ3) is 5.68. The van der Waals surface area contributed by atoms with Gasteiger partial charge in [0.05, 0.1) is 19.2 Å². The Kier molecular flexibility index (Phi) is 6.44. The number of rotatable bonds is 7. The predicted molar refractivity (Wildman–Crippen MR) is 106 cm³/mol. The number of anilines is 1. The van der Waals surface area contributed by atoms with Crippen LogP contribution in [0.2, 0.25) is 0 Å². The first-order valence-corrected chi connectivity index (χ1v) is 9.42. The highest BCUT2D eigenvalue weighted by atomic mass is 32.2. The first-order chi connectivity index (χ1) is 13.5. The zero-order valence-electron chi connectivity index (χ0n) is 15.1. The zero-order valence-corrected chi connectivity index (χ0v) is 15.9. The number of aromatic amines is 1. The Morgan fingerprint density at radius 3 is 2.75 bits per heavy atom. The normalized spacial score (nSPS) is 10.5. The van der Waals surface area contributed by atoms with Crippen LogP contribution in [0.4, 0.5) is 10.1 Å². The number of nitrogens with one attached hydrogen (secondary N) is 2. The largest absolute Gasteiger partial charge is 0.497 e. The number of methoxy groups -OCH3 is 1. The van der Waals surface area contributed by atoms with Crippen molar-refractivity contribution in [1.29, 1.82) is 0 Å². The number of carbonyl (C=O) groups is 1. The smallest absolute Gasteiger partial charge is 0.251 e. The summed E-state index contributed by atoms with van der Waals surface area (Å²) in [5, 5.41) is 3.16. The Hall–Kier alpha value is -3.13. The molecule has 3 rings (SSSR count). The molecule has 1 heterocycles. The van der Waals surface area contributed by atoms with E-state index in [-0.39, 0.29) is 23.7 Å². The summed E-state index contributed by atoms with van der Waals surface area (Å²) in [6.45, 7) is 0. The van der Waals surface area contributed by atoms with Crippen molar-refractivity contribution in [2.45, 2.75) is 17.3 Å². The molecular formula is C20H18FN3O3S. The molecule has 0 bridgehead atoms. The van der Waals surface area contributed by atoms with Gasteiger partial charge in [-0.2, -0.15) is 0 Å². The molecule has 0 aliphatic heterocycles. The minimum Gasteiger partial charge on any atom is -0.497 e. The molecule has 28 heavy (non-hydrogen) atoms. The molecule has 2 aromatic carbocycles. The Morgan fingerprint density at radius 2 is 2.00 bits per heavy atom. The molecule has 144 valence electrons. The van der Waals surface area contributed by atoms with Crippen molar-refractivity contribution < 1.29 is 13.9 Å². The number of hydrogen-bond donors (Lipinski definition) is 2. The van der Waals surface area contributed by atoms with Gasteiger partial charge in [0, 0.05) is 23.6 Å². The summed E-state index contributed by atoms with van der Waals surface area (Å²) >= 11 is 1.31. The van der Waals surface area contributed by atoms with Gasteiger partial charge < -0.3 is 15.0 Å². The van der Waals surface area contributed by atoms with E-state index in [1.54, 1.807) is 43.5 Å². The summed E-state index contributed by atoms with van der Waals surface area (Å²) in [7, 11) is 1.55. The number of nitrogens with zero attached hydrogens (tertiary/aromatic N) is 1. The van der Waals surface area contributed by atoms with E-state index in [1.807, 2.05) is 0 Å². The molecule has 0 saturated carbocycles. The third-order valence-electron chi connectivity index (χ3n) is 3.76. The minimum atomic E-state index is -0.333. The first kappa shape index (κ1) is 19.6. The molecule has 1 aromatic heterocycles. The van der Waals surface area contributed by atoms with Crippen molar-refractivity contribution in [2.75, 3.05) is 12.4 Å². The van der Waals surface area contributed by atoms with E-state index in [4.69, 9.17) is 4.74 Å². The van der Waals surface area contributed by atoms with Crippen LogP contribution in [0.3, 0.4) is 0 Å². The molecular weight excluding hydrogens is 381 g/mol. The van der Waals surface area contributed by atoms with Crippen molar-refractivity contribution in [1.82, 2.24) is 9.97 Å². The lowest BCUT2D eigenvalue weighted by Crippen LogP contribution is -2.18. The fourth-order valence-electron chi connectivity index (χ4n) is 2.45. The molecule has 0 radical (unpaired) electrons. The molecule has 0 spiro atoms. The van der Waals surface area contributed by atoms with Crippen LogP contribution in [0.5, 0.6) is 5.75 Å². The topological polar surface area (TPSA) is 84.1 Å². The van der Waals surface area contributed by atoms with Crippen LogP contribution in [0, 0.1) is 5.82 Å². The lowest BCUT2D eigenvalue weighted by Gasteiger charge is -2.07. The molecule has 0 aliphatic carbocycles. The van der Waals surface area contributed by atoms with Gasteiger partial charge in [-0.1, -0.05) is 30.0 Å². The van der Waals surface area contributed by atoms with Gasteiger partial charge in [0.1, 0.15) is 11.6 Å². The van der Waals surface area contributed by atoms with Gasteiger partial charge >= 0.3 is 0 Å². The number of hydrogen-bond acceptors (Lipinski definition) is 5. The molecule has 8 heteroatoms. The van der Waals surface area contributed by atoms with Crippen LogP contribution < -0.4 is 15.6 Å². The molecule has 2 N–H and O–H groups in total. The van der Waals surface area contributed by atoms with E-state index in [0.29, 0.717) is 28.0 Å². The van der Waals surface area contributed by atoms with E-state index in [9.17, 15) is 14.0 Å². The van der Waals surface area contributed by atoms with Gasteiger partial charge in [0.2, 0.25) is 5.91 Å². The van der Waals surface area contributed by atoms with E-state index >= 15 is 0 Å². The second kappa shape index (κ2) is 9.18. The molecule has 0 atom stereocenters. The summed E-state index contributed by atoms with van der Waals surface area (Å²) in [5.41, 5.74) is 1.53. The number of halogens is 1. The average Bonchev–Trinajstić information content (AvgIpc) is 2.67. The average molecular weight is 399 g/mol. The number of thioether (sulfide) groups is 1. The molecule has 0 aliphatic rings. The molecule has 6 nitrogen and oxygen atoms in total. The summed E-state index contributed by atoms with van der Waals surface area (Å²) in [5.74, 6) is 0.555. The van der Waals surface area contributed by atoms with Crippen molar-refractivity contribution in [2.24, 2.45) is 0 Å². The van der Waals surface area contributed by atoms with E-state index in [2.05, 4.69) is 15.3 Å².